The minimum absolute atomic E-state index is 0.0196. The third-order valence-corrected chi connectivity index (χ3v) is 2.22. The Hall–Kier alpha value is -1.41. The van der Waals surface area contributed by atoms with E-state index < -0.39 is 20.0 Å². The van der Waals surface area contributed by atoms with Crippen LogP contribution in [0.25, 0.3) is 0 Å². The Morgan fingerprint density at radius 1 is 1.44 bits per heavy atom. The maximum atomic E-state index is 10.6. The van der Waals surface area contributed by atoms with Crippen LogP contribution in [0.15, 0.2) is 6.07 Å². The van der Waals surface area contributed by atoms with Crippen molar-refractivity contribution in [3.8, 4) is 5.88 Å². The van der Waals surface area contributed by atoms with Gasteiger partial charge in [-0.25, -0.2) is 0 Å². The first-order chi connectivity index (χ1) is 8.26. The molecule has 1 heterocycles. The van der Waals surface area contributed by atoms with E-state index in [2.05, 4.69) is 9.97 Å². The van der Waals surface area contributed by atoms with Crippen molar-refractivity contribution in [2.45, 2.75) is 13.0 Å². The van der Waals surface area contributed by atoms with E-state index >= 15 is 0 Å². The molecule has 1 rings (SSSR count). The molecular weight excluding hydrogens is 263 g/mol. The fraction of sp³-hybridized carbons (Fsp3) is 0.500. The largest absolute Gasteiger partial charge is 0.475 e. The van der Waals surface area contributed by atoms with Crippen LogP contribution in [-0.4, -0.2) is 38.8 Å². The topological polar surface area (TPSA) is 154 Å². The molecule has 0 unspecified atom stereocenters. The summed E-state index contributed by atoms with van der Waals surface area (Å²) in [6.07, 6.45) is -1.18. The highest BCUT2D eigenvalue weighted by Gasteiger charge is 2.15. The molecule has 0 bridgehead atoms. The summed E-state index contributed by atoms with van der Waals surface area (Å²) < 4.78 is 20.7. The Morgan fingerprint density at radius 2 is 2.11 bits per heavy atom. The van der Waals surface area contributed by atoms with Crippen LogP contribution in [0, 0.1) is 0 Å². The van der Waals surface area contributed by atoms with Crippen molar-refractivity contribution in [3.63, 3.8) is 0 Å². The Bertz CT molecular complexity index is 431. The van der Waals surface area contributed by atoms with Crippen LogP contribution in [0.4, 0.5) is 11.8 Å². The fourth-order valence-corrected chi connectivity index (χ4v) is 1.46. The lowest BCUT2D eigenvalue weighted by molar-refractivity contribution is 0.0493. The number of anilines is 2. The molecule has 0 amide bonds. The number of hydrogen-bond donors (Lipinski definition) is 4. The number of aromatic nitrogens is 2. The van der Waals surface area contributed by atoms with Crippen LogP contribution in [0.3, 0.4) is 0 Å². The molecule has 1 atom stereocenters. The van der Waals surface area contributed by atoms with Gasteiger partial charge in [0, 0.05) is 6.07 Å². The minimum Gasteiger partial charge on any atom is -0.475 e. The number of rotatable bonds is 6. The van der Waals surface area contributed by atoms with Gasteiger partial charge in [0.05, 0.1) is 6.10 Å². The van der Waals surface area contributed by atoms with Crippen molar-refractivity contribution < 1.29 is 23.8 Å². The Morgan fingerprint density at radius 3 is 2.67 bits per heavy atom. The zero-order valence-electron chi connectivity index (χ0n) is 9.68. The molecule has 0 aliphatic heterocycles. The number of hydrogen-bond acceptors (Lipinski definition) is 7. The lowest BCUT2D eigenvalue weighted by atomic mass is 10.4. The highest BCUT2D eigenvalue weighted by molar-refractivity contribution is 7.51. The number of ether oxygens (including phenoxy) is 2. The molecule has 0 fully saturated rings. The molecule has 18 heavy (non-hydrogen) atoms. The Labute approximate surface area is 103 Å². The molecule has 1 aromatic rings. The zero-order valence-corrected chi connectivity index (χ0v) is 10.6. The molecule has 0 aliphatic rings. The van der Waals surface area contributed by atoms with Gasteiger partial charge in [-0.1, -0.05) is 0 Å². The first kappa shape index (κ1) is 14.7. The normalized spacial score (nSPS) is 13.3. The van der Waals surface area contributed by atoms with Gasteiger partial charge >= 0.3 is 7.60 Å². The van der Waals surface area contributed by atoms with Crippen molar-refractivity contribution in [3.05, 3.63) is 6.07 Å². The van der Waals surface area contributed by atoms with Crippen molar-refractivity contribution in [2.24, 2.45) is 0 Å². The minimum atomic E-state index is -4.17. The molecule has 102 valence electrons. The predicted octanol–water partition coefficient (Wildman–Crippen LogP) is -0.440. The van der Waals surface area contributed by atoms with Crippen molar-refractivity contribution in [1.29, 1.82) is 0 Å². The highest BCUT2D eigenvalue weighted by Crippen LogP contribution is 2.34. The van der Waals surface area contributed by atoms with E-state index in [4.69, 9.17) is 30.7 Å². The third kappa shape index (κ3) is 5.78. The molecule has 10 heteroatoms. The summed E-state index contributed by atoms with van der Waals surface area (Å²) in [5, 5.41) is 0. The molecule has 0 aliphatic carbocycles. The summed E-state index contributed by atoms with van der Waals surface area (Å²) in [4.78, 5) is 24.7. The maximum absolute atomic E-state index is 10.6. The van der Waals surface area contributed by atoms with Gasteiger partial charge in [-0.2, -0.15) is 9.97 Å². The molecule has 9 nitrogen and oxygen atoms in total. The van der Waals surface area contributed by atoms with E-state index in [1.54, 1.807) is 6.92 Å². The summed E-state index contributed by atoms with van der Waals surface area (Å²) >= 11 is 0. The van der Waals surface area contributed by atoms with E-state index in [0.717, 1.165) is 0 Å². The van der Waals surface area contributed by atoms with Crippen LogP contribution < -0.4 is 16.2 Å². The third-order valence-electron chi connectivity index (χ3n) is 1.73. The fourth-order valence-electron chi connectivity index (χ4n) is 1.01. The lowest BCUT2D eigenvalue weighted by Gasteiger charge is -2.14. The quantitative estimate of drug-likeness (QED) is 0.507. The van der Waals surface area contributed by atoms with E-state index in [-0.39, 0.29) is 24.3 Å². The van der Waals surface area contributed by atoms with Crippen molar-refractivity contribution in [1.82, 2.24) is 9.97 Å². The van der Waals surface area contributed by atoms with Crippen LogP contribution >= 0.6 is 7.60 Å². The van der Waals surface area contributed by atoms with Crippen molar-refractivity contribution >= 4 is 19.4 Å². The van der Waals surface area contributed by atoms with Crippen LogP contribution in [0.2, 0.25) is 0 Å². The van der Waals surface area contributed by atoms with Gasteiger partial charge in [0.15, 0.2) is 0 Å². The van der Waals surface area contributed by atoms with Gasteiger partial charge in [-0.15, -0.1) is 0 Å². The molecule has 0 aromatic carbocycles. The summed E-state index contributed by atoms with van der Waals surface area (Å²) in [5.41, 5.74) is 10.8. The summed E-state index contributed by atoms with van der Waals surface area (Å²) in [6.45, 7) is 1.65. The number of nitrogens with zero attached hydrogens (tertiary/aromatic N) is 2. The molecule has 6 N–H and O–H groups in total. The zero-order chi connectivity index (χ0) is 13.8. The van der Waals surface area contributed by atoms with Gasteiger partial charge in [0.1, 0.15) is 18.8 Å². The second kappa shape index (κ2) is 5.96. The molecule has 0 radical (unpaired) electrons. The Kier molecular flexibility index (Phi) is 4.85. The van der Waals surface area contributed by atoms with Crippen LogP contribution in [0.5, 0.6) is 5.88 Å². The maximum Gasteiger partial charge on any atom is 0.350 e. The van der Waals surface area contributed by atoms with Gasteiger partial charge in [-0.3, -0.25) is 4.57 Å². The first-order valence-electron chi connectivity index (χ1n) is 4.95. The van der Waals surface area contributed by atoms with Gasteiger partial charge in [-0.05, 0) is 6.92 Å². The second-order valence-corrected chi connectivity index (χ2v) is 5.16. The predicted molar refractivity (Wildman–Crippen MR) is 63.8 cm³/mol. The lowest BCUT2D eigenvalue weighted by Crippen LogP contribution is -2.19. The van der Waals surface area contributed by atoms with Gasteiger partial charge in [0.25, 0.3) is 0 Å². The molecule has 0 spiro atoms. The molecule has 1 aromatic heterocycles. The van der Waals surface area contributed by atoms with Gasteiger partial charge in [0.2, 0.25) is 11.8 Å². The standard InChI is InChI=1S/C8H15N4O5P/c1-5(17-4-18(13,14)15)3-16-7-2-6(9)11-8(10)12-7/h2,5H,3-4H2,1H3,(H2,13,14,15)(H4,9,10,11,12)/t5-/m0/s1. The average Bonchev–Trinajstić information content (AvgIpc) is 2.21. The first-order valence-corrected chi connectivity index (χ1v) is 6.75. The Balaban J connectivity index is 2.42. The summed E-state index contributed by atoms with van der Waals surface area (Å²) in [6, 6.07) is 1.38. The second-order valence-electron chi connectivity index (χ2n) is 3.57. The summed E-state index contributed by atoms with van der Waals surface area (Å²) in [7, 11) is -4.17. The van der Waals surface area contributed by atoms with Crippen LogP contribution in [0.1, 0.15) is 6.92 Å². The van der Waals surface area contributed by atoms with E-state index in [0.29, 0.717) is 0 Å². The van der Waals surface area contributed by atoms with Crippen molar-refractivity contribution in [2.75, 3.05) is 24.4 Å². The monoisotopic (exact) mass is 278 g/mol. The molecular formula is C8H15N4O5P. The van der Waals surface area contributed by atoms with Crippen LogP contribution in [-0.2, 0) is 9.30 Å². The number of nitrogens with two attached hydrogens (primary N) is 2. The highest BCUT2D eigenvalue weighted by atomic mass is 31.2. The number of nitrogen functional groups attached to an aromatic ring is 2. The smallest absolute Gasteiger partial charge is 0.350 e. The molecule has 0 saturated carbocycles. The van der Waals surface area contributed by atoms with E-state index in [1.165, 1.54) is 6.07 Å². The molecule has 0 saturated heterocycles. The SMILES string of the molecule is C[C@@H](COc1cc(N)nc(N)n1)OCP(=O)(O)O. The van der Waals surface area contributed by atoms with E-state index in [9.17, 15) is 4.57 Å². The van der Waals surface area contributed by atoms with E-state index in [1.807, 2.05) is 0 Å². The summed E-state index contributed by atoms with van der Waals surface area (Å²) in [5.74, 6) is 0.321. The van der Waals surface area contributed by atoms with Gasteiger partial charge < -0.3 is 30.7 Å². The average molecular weight is 278 g/mol.